The van der Waals surface area contributed by atoms with Crippen LogP contribution in [0.15, 0.2) is 0 Å². The molecule has 7 nitrogen and oxygen atoms in total. The van der Waals surface area contributed by atoms with Gasteiger partial charge in [0.1, 0.15) is 0 Å². The monoisotopic (exact) mass is 299 g/mol. The predicted molar refractivity (Wildman–Crippen MR) is 77.2 cm³/mol. The Morgan fingerprint density at radius 2 is 1.86 bits per heavy atom. The van der Waals surface area contributed by atoms with Crippen molar-refractivity contribution >= 4 is 12.0 Å². The third-order valence-electron chi connectivity index (χ3n) is 4.28. The highest BCUT2D eigenvalue weighted by molar-refractivity contribution is 5.75. The Balaban J connectivity index is 1.84. The van der Waals surface area contributed by atoms with E-state index in [1.165, 1.54) is 0 Å². The third kappa shape index (κ3) is 4.31. The van der Waals surface area contributed by atoms with Crippen LogP contribution in [0.1, 0.15) is 19.3 Å². The van der Waals surface area contributed by atoms with Crippen LogP contribution in [-0.4, -0.2) is 90.8 Å². The van der Waals surface area contributed by atoms with Crippen LogP contribution in [0.2, 0.25) is 0 Å². The number of carbonyl (C=O) groups is 2. The first-order chi connectivity index (χ1) is 9.97. The van der Waals surface area contributed by atoms with Gasteiger partial charge in [0, 0.05) is 32.2 Å². The lowest BCUT2D eigenvalue weighted by molar-refractivity contribution is -0.141. The van der Waals surface area contributed by atoms with E-state index in [9.17, 15) is 9.59 Å². The van der Waals surface area contributed by atoms with E-state index < -0.39 is 5.97 Å². The molecule has 7 heteroatoms. The van der Waals surface area contributed by atoms with Gasteiger partial charge in [0.05, 0.1) is 19.1 Å². The predicted octanol–water partition coefficient (Wildman–Crippen LogP) is 0.308. The Morgan fingerprint density at radius 3 is 2.43 bits per heavy atom. The zero-order chi connectivity index (χ0) is 15.4. The van der Waals surface area contributed by atoms with Gasteiger partial charge in [-0.2, -0.15) is 0 Å². The standard InChI is InChI=1S/C14H25N3O4/c1-15(2)11-3-5-16(6-4-11)14(20)17-7-8-21-12(10-17)9-13(18)19/h11-12H,3-10H2,1-2H3,(H,18,19). The summed E-state index contributed by atoms with van der Waals surface area (Å²) in [5.41, 5.74) is 0. The van der Waals surface area contributed by atoms with Crippen molar-refractivity contribution in [2.24, 2.45) is 0 Å². The molecule has 0 aromatic heterocycles. The van der Waals surface area contributed by atoms with Crippen molar-refractivity contribution in [3.05, 3.63) is 0 Å². The number of urea groups is 1. The SMILES string of the molecule is CN(C)C1CCN(C(=O)N2CCOC(CC(=O)O)C2)CC1. The van der Waals surface area contributed by atoms with E-state index in [-0.39, 0.29) is 18.6 Å². The molecule has 21 heavy (non-hydrogen) atoms. The maximum atomic E-state index is 12.5. The molecule has 0 bridgehead atoms. The number of amides is 2. The van der Waals surface area contributed by atoms with Crippen LogP contribution < -0.4 is 0 Å². The lowest BCUT2D eigenvalue weighted by atomic mass is 10.0. The number of hydrogen-bond acceptors (Lipinski definition) is 4. The highest BCUT2D eigenvalue weighted by Crippen LogP contribution is 2.17. The van der Waals surface area contributed by atoms with Crippen molar-refractivity contribution in [3.63, 3.8) is 0 Å². The summed E-state index contributed by atoms with van der Waals surface area (Å²) in [5.74, 6) is -0.888. The third-order valence-corrected chi connectivity index (χ3v) is 4.28. The second kappa shape index (κ2) is 7.09. The number of carboxylic acid groups (broad SMARTS) is 1. The number of rotatable bonds is 3. The first-order valence-corrected chi connectivity index (χ1v) is 7.51. The topological polar surface area (TPSA) is 73.3 Å². The molecule has 2 aliphatic rings. The lowest BCUT2D eigenvalue weighted by Crippen LogP contribution is -2.54. The molecule has 2 amide bonds. The van der Waals surface area contributed by atoms with Crippen LogP contribution >= 0.6 is 0 Å². The van der Waals surface area contributed by atoms with E-state index in [1.807, 2.05) is 4.90 Å². The van der Waals surface area contributed by atoms with Gasteiger partial charge in [0.15, 0.2) is 0 Å². The molecule has 0 radical (unpaired) electrons. The number of likely N-dealkylation sites (tertiary alicyclic amines) is 1. The fourth-order valence-electron chi connectivity index (χ4n) is 2.98. The van der Waals surface area contributed by atoms with Gasteiger partial charge in [0.25, 0.3) is 0 Å². The Morgan fingerprint density at radius 1 is 1.19 bits per heavy atom. The van der Waals surface area contributed by atoms with E-state index in [1.54, 1.807) is 4.90 Å². The average Bonchev–Trinajstić information content (AvgIpc) is 2.46. The maximum Gasteiger partial charge on any atom is 0.320 e. The highest BCUT2D eigenvalue weighted by atomic mass is 16.5. The molecule has 0 aromatic carbocycles. The van der Waals surface area contributed by atoms with Gasteiger partial charge in [0.2, 0.25) is 0 Å². The molecule has 2 saturated heterocycles. The minimum absolute atomic E-state index is 0.0193. The smallest absolute Gasteiger partial charge is 0.320 e. The van der Waals surface area contributed by atoms with Crippen LogP contribution in [0.5, 0.6) is 0 Å². The molecule has 2 heterocycles. The van der Waals surface area contributed by atoms with E-state index in [0.29, 0.717) is 25.7 Å². The number of hydrogen-bond donors (Lipinski definition) is 1. The van der Waals surface area contributed by atoms with Crippen molar-refractivity contribution in [3.8, 4) is 0 Å². The van der Waals surface area contributed by atoms with Crippen molar-refractivity contribution in [1.29, 1.82) is 0 Å². The normalized spacial score (nSPS) is 24.4. The van der Waals surface area contributed by atoms with Gasteiger partial charge in [-0.3, -0.25) is 4.79 Å². The minimum atomic E-state index is -0.888. The summed E-state index contributed by atoms with van der Waals surface area (Å²) in [6.45, 7) is 2.87. The zero-order valence-electron chi connectivity index (χ0n) is 12.8. The van der Waals surface area contributed by atoms with Crippen molar-refractivity contribution < 1.29 is 19.4 Å². The molecular formula is C14H25N3O4. The summed E-state index contributed by atoms with van der Waals surface area (Å²) in [6, 6.07) is 0.560. The summed E-state index contributed by atoms with van der Waals surface area (Å²) >= 11 is 0. The number of piperidine rings is 1. The summed E-state index contributed by atoms with van der Waals surface area (Å²) in [4.78, 5) is 29.1. The molecule has 1 unspecified atom stereocenters. The molecule has 2 fully saturated rings. The zero-order valence-corrected chi connectivity index (χ0v) is 12.8. The summed E-state index contributed by atoms with van der Waals surface area (Å²) < 4.78 is 5.41. The van der Waals surface area contributed by atoms with Gasteiger partial charge >= 0.3 is 12.0 Å². The van der Waals surface area contributed by atoms with Crippen molar-refractivity contribution in [1.82, 2.24) is 14.7 Å². The second-order valence-corrected chi connectivity index (χ2v) is 6.00. The number of carboxylic acids is 1. The number of ether oxygens (including phenoxy) is 1. The lowest BCUT2D eigenvalue weighted by Gasteiger charge is -2.40. The number of carbonyl (C=O) groups excluding carboxylic acids is 1. The number of aliphatic carboxylic acids is 1. The molecule has 0 aromatic rings. The van der Waals surface area contributed by atoms with Crippen LogP contribution in [0.25, 0.3) is 0 Å². The van der Waals surface area contributed by atoms with Gasteiger partial charge in [-0.15, -0.1) is 0 Å². The molecule has 2 aliphatic heterocycles. The quantitative estimate of drug-likeness (QED) is 0.812. The van der Waals surface area contributed by atoms with Crippen molar-refractivity contribution in [2.75, 3.05) is 46.9 Å². The highest BCUT2D eigenvalue weighted by Gasteiger charge is 2.31. The van der Waals surface area contributed by atoms with Crippen molar-refractivity contribution in [2.45, 2.75) is 31.4 Å². The van der Waals surface area contributed by atoms with Crippen LogP contribution in [0, 0.1) is 0 Å². The Kier molecular flexibility index (Phi) is 5.41. The molecule has 2 rings (SSSR count). The summed E-state index contributed by atoms with van der Waals surface area (Å²) in [5, 5.41) is 8.82. The average molecular weight is 299 g/mol. The number of morpholine rings is 1. The van der Waals surface area contributed by atoms with Crippen LogP contribution in [0.3, 0.4) is 0 Å². The molecule has 1 N–H and O–H groups in total. The fraction of sp³-hybridized carbons (Fsp3) is 0.857. The van der Waals surface area contributed by atoms with Crippen LogP contribution in [0.4, 0.5) is 4.79 Å². The van der Waals surface area contributed by atoms with E-state index in [0.717, 1.165) is 25.9 Å². The van der Waals surface area contributed by atoms with E-state index in [4.69, 9.17) is 9.84 Å². The van der Waals surface area contributed by atoms with Gasteiger partial charge in [-0.25, -0.2) is 4.79 Å². The van der Waals surface area contributed by atoms with Gasteiger partial charge in [-0.1, -0.05) is 0 Å². The molecule has 1 atom stereocenters. The maximum absolute atomic E-state index is 12.5. The first kappa shape index (κ1) is 16.0. The summed E-state index contributed by atoms with van der Waals surface area (Å²) in [7, 11) is 4.14. The van der Waals surface area contributed by atoms with E-state index >= 15 is 0 Å². The first-order valence-electron chi connectivity index (χ1n) is 7.51. The second-order valence-electron chi connectivity index (χ2n) is 6.00. The van der Waals surface area contributed by atoms with E-state index in [2.05, 4.69) is 19.0 Å². The number of nitrogens with zero attached hydrogens (tertiary/aromatic N) is 3. The molecule has 120 valence electrons. The Bertz CT molecular complexity index is 380. The Hall–Kier alpha value is -1.34. The molecule has 0 spiro atoms. The molecule has 0 aliphatic carbocycles. The fourth-order valence-corrected chi connectivity index (χ4v) is 2.98. The minimum Gasteiger partial charge on any atom is -0.481 e. The summed E-state index contributed by atoms with van der Waals surface area (Å²) in [6.07, 6.45) is 1.54. The van der Waals surface area contributed by atoms with Crippen LogP contribution in [-0.2, 0) is 9.53 Å². The van der Waals surface area contributed by atoms with Gasteiger partial charge in [-0.05, 0) is 26.9 Å². The van der Waals surface area contributed by atoms with Gasteiger partial charge < -0.3 is 24.5 Å². The molecular weight excluding hydrogens is 274 g/mol. The molecule has 0 saturated carbocycles. The Labute approximate surface area is 125 Å². The largest absolute Gasteiger partial charge is 0.481 e.